The molecule has 1 saturated heterocycles. The highest BCUT2D eigenvalue weighted by Crippen LogP contribution is 2.21. The molecule has 0 radical (unpaired) electrons. The third-order valence-corrected chi connectivity index (χ3v) is 4.46. The first-order valence-corrected chi connectivity index (χ1v) is 7.52. The molecule has 106 valence electrons. The van der Waals surface area contributed by atoms with Crippen molar-refractivity contribution in [2.45, 2.75) is 18.2 Å². The van der Waals surface area contributed by atoms with Crippen molar-refractivity contribution in [1.82, 2.24) is 14.3 Å². The minimum Gasteiger partial charge on any atom is -0.335 e. The number of pyridine rings is 1. The molecule has 8 heteroatoms. The number of imidazole rings is 1. The van der Waals surface area contributed by atoms with E-state index in [4.69, 9.17) is 0 Å². The van der Waals surface area contributed by atoms with E-state index in [1.807, 2.05) is 24.4 Å². The molecule has 3 heterocycles. The van der Waals surface area contributed by atoms with Crippen LogP contribution >= 0.6 is 0 Å². The molecule has 0 N–H and O–H groups in total. The van der Waals surface area contributed by atoms with E-state index in [0.717, 1.165) is 5.65 Å². The van der Waals surface area contributed by atoms with Crippen molar-refractivity contribution in [1.29, 1.82) is 0 Å². The molecule has 1 fully saturated rings. The van der Waals surface area contributed by atoms with Crippen LogP contribution < -0.4 is 0 Å². The smallest absolute Gasteiger partial charge is 0.307 e. The number of fused-ring (bicyclic) bond motifs is 1. The second-order valence-electron chi connectivity index (χ2n) is 4.77. The first-order valence-electron chi connectivity index (χ1n) is 6.07. The maximum Gasteiger partial charge on any atom is 0.307 e. The number of carbonyl (C=O) groups is 1. The first kappa shape index (κ1) is 13.0. The first-order chi connectivity index (χ1) is 9.43. The van der Waals surface area contributed by atoms with Crippen LogP contribution in [0.15, 0.2) is 30.6 Å². The lowest BCUT2D eigenvalue weighted by Crippen LogP contribution is -2.26. The van der Waals surface area contributed by atoms with Crippen LogP contribution in [0, 0.1) is 0 Å². The molecule has 0 spiro atoms. The molecule has 0 saturated carbocycles. The van der Waals surface area contributed by atoms with Crippen molar-refractivity contribution < 1.29 is 17.1 Å². The third-order valence-electron chi connectivity index (χ3n) is 3.34. The summed E-state index contributed by atoms with van der Waals surface area (Å²) in [6.07, 6.45) is 3.29. The van der Waals surface area contributed by atoms with E-state index in [2.05, 4.69) is 4.98 Å². The van der Waals surface area contributed by atoms with E-state index in [0.29, 0.717) is 5.69 Å². The van der Waals surface area contributed by atoms with Gasteiger partial charge in [-0.2, -0.15) is 8.42 Å². The zero-order valence-electron chi connectivity index (χ0n) is 10.4. The molecule has 2 aromatic rings. The highest BCUT2D eigenvalue weighted by atomic mass is 32.3. The molecule has 20 heavy (non-hydrogen) atoms. The molecular weight excluding hydrogens is 285 g/mol. The molecule has 1 amide bonds. The number of amides is 1. The minimum absolute atomic E-state index is 0.120. The van der Waals surface area contributed by atoms with Gasteiger partial charge in [0.15, 0.2) is 0 Å². The molecule has 3 rings (SSSR count). The van der Waals surface area contributed by atoms with Crippen LogP contribution in [0.25, 0.3) is 5.65 Å². The van der Waals surface area contributed by atoms with E-state index >= 15 is 0 Å². The monoisotopic (exact) mass is 297 g/mol. The molecule has 0 aliphatic carbocycles. The third kappa shape index (κ3) is 2.38. The van der Waals surface area contributed by atoms with Crippen molar-refractivity contribution in [3.05, 3.63) is 36.3 Å². The van der Waals surface area contributed by atoms with Gasteiger partial charge in [0.05, 0.1) is 12.2 Å². The summed E-state index contributed by atoms with van der Waals surface area (Å²) in [4.78, 5) is 17.4. The van der Waals surface area contributed by atoms with Crippen LogP contribution in [0.5, 0.6) is 0 Å². The molecule has 1 unspecified atom stereocenters. The fraction of sp³-hybridized carbons (Fsp3) is 0.333. The maximum atomic E-state index is 12.9. The molecule has 1 aliphatic heterocycles. The summed E-state index contributed by atoms with van der Waals surface area (Å²) < 4.78 is 36.4. The van der Waals surface area contributed by atoms with Gasteiger partial charge in [0.1, 0.15) is 10.9 Å². The summed E-state index contributed by atoms with van der Waals surface area (Å²) in [5.74, 6) is -0.367. The number of nitrogens with zero attached hydrogens (tertiary/aromatic N) is 3. The standard InChI is InChI=1S/C12H12FN3O3S/c13-20(18,19)10-5-12(17)16(8-10)7-9-6-15-4-2-1-3-11(15)14-9/h1-4,6,10H,5,7-8H2. The fourth-order valence-corrected chi connectivity index (χ4v) is 3.04. The zero-order valence-corrected chi connectivity index (χ0v) is 11.3. The van der Waals surface area contributed by atoms with Crippen molar-refractivity contribution >= 4 is 21.8 Å². The van der Waals surface area contributed by atoms with Crippen LogP contribution in [0.1, 0.15) is 12.1 Å². The predicted octanol–water partition coefficient (Wildman–Crippen LogP) is 0.734. The van der Waals surface area contributed by atoms with Gasteiger partial charge in [-0.05, 0) is 12.1 Å². The molecule has 6 nitrogen and oxygen atoms in total. The summed E-state index contributed by atoms with van der Waals surface area (Å²) in [6, 6.07) is 5.52. The average molecular weight is 297 g/mol. The topological polar surface area (TPSA) is 71.8 Å². The van der Waals surface area contributed by atoms with Crippen LogP contribution in [0.3, 0.4) is 0 Å². The summed E-state index contributed by atoms with van der Waals surface area (Å²) in [5.41, 5.74) is 1.38. The predicted molar refractivity (Wildman–Crippen MR) is 69.0 cm³/mol. The van der Waals surface area contributed by atoms with Crippen LogP contribution in [-0.2, 0) is 21.6 Å². The zero-order chi connectivity index (χ0) is 14.3. The second kappa shape index (κ2) is 4.55. The largest absolute Gasteiger partial charge is 0.335 e. The Balaban J connectivity index is 1.79. The summed E-state index contributed by atoms with van der Waals surface area (Å²) in [6.45, 7) is 0.0675. The van der Waals surface area contributed by atoms with Gasteiger partial charge in [0, 0.05) is 25.4 Å². The Hall–Kier alpha value is -1.96. The highest BCUT2D eigenvalue weighted by Gasteiger charge is 2.38. The van der Waals surface area contributed by atoms with Crippen molar-refractivity contribution in [3.63, 3.8) is 0 Å². The molecular formula is C12H12FN3O3S. The SMILES string of the molecule is O=C1CC(S(=O)(=O)F)CN1Cc1cn2ccccc2n1. The van der Waals surface area contributed by atoms with Gasteiger partial charge in [-0.15, -0.1) is 3.89 Å². The molecule has 0 aromatic carbocycles. The van der Waals surface area contributed by atoms with E-state index in [1.54, 1.807) is 10.6 Å². The lowest BCUT2D eigenvalue weighted by molar-refractivity contribution is -0.128. The number of hydrogen-bond donors (Lipinski definition) is 0. The van der Waals surface area contributed by atoms with Gasteiger partial charge >= 0.3 is 10.2 Å². The number of likely N-dealkylation sites (tertiary alicyclic amines) is 1. The Morgan fingerprint density at radius 2 is 2.20 bits per heavy atom. The fourth-order valence-electron chi connectivity index (χ4n) is 2.34. The van der Waals surface area contributed by atoms with Crippen LogP contribution in [-0.4, -0.2) is 40.4 Å². The molecule has 0 bridgehead atoms. The van der Waals surface area contributed by atoms with Gasteiger partial charge in [-0.1, -0.05) is 6.07 Å². The Bertz CT molecular complexity index is 738. The highest BCUT2D eigenvalue weighted by molar-refractivity contribution is 7.87. The molecule has 1 atom stereocenters. The Morgan fingerprint density at radius 1 is 1.40 bits per heavy atom. The Morgan fingerprint density at radius 3 is 2.85 bits per heavy atom. The van der Waals surface area contributed by atoms with Crippen molar-refractivity contribution in [2.75, 3.05) is 6.54 Å². The van der Waals surface area contributed by atoms with Crippen LogP contribution in [0.2, 0.25) is 0 Å². The normalized spacial score (nSPS) is 19.9. The molecule has 1 aliphatic rings. The van der Waals surface area contributed by atoms with Gasteiger partial charge in [0.25, 0.3) is 0 Å². The average Bonchev–Trinajstić information content (AvgIpc) is 2.93. The van der Waals surface area contributed by atoms with Gasteiger partial charge in [-0.3, -0.25) is 4.79 Å². The van der Waals surface area contributed by atoms with E-state index in [-0.39, 0.29) is 25.4 Å². The second-order valence-corrected chi connectivity index (χ2v) is 6.39. The maximum absolute atomic E-state index is 12.9. The van der Waals surface area contributed by atoms with Gasteiger partial charge < -0.3 is 9.30 Å². The lowest BCUT2D eigenvalue weighted by Gasteiger charge is -2.13. The van der Waals surface area contributed by atoms with E-state index in [9.17, 15) is 17.1 Å². The van der Waals surface area contributed by atoms with Crippen LogP contribution in [0.4, 0.5) is 3.89 Å². The number of halogens is 1. The van der Waals surface area contributed by atoms with Crippen molar-refractivity contribution in [2.24, 2.45) is 0 Å². The summed E-state index contributed by atoms with van der Waals surface area (Å²) in [7, 11) is -4.67. The number of carbonyl (C=O) groups excluding carboxylic acids is 1. The van der Waals surface area contributed by atoms with Gasteiger partial charge in [0.2, 0.25) is 5.91 Å². The quantitative estimate of drug-likeness (QED) is 0.783. The lowest BCUT2D eigenvalue weighted by atomic mass is 10.4. The van der Waals surface area contributed by atoms with Gasteiger partial charge in [-0.25, -0.2) is 4.98 Å². The van der Waals surface area contributed by atoms with E-state index in [1.165, 1.54) is 4.90 Å². The van der Waals surface area contributed by atoms with E-state index < -0.39 is 15.5 Å². The minimum atomic E-state index is -4.67. The summed E-state index contributed by atoms with van der Waals surface area (Å²) in [5, 5.41) is -1.26. The molecule has 2 aromatic heterocycles. The Labute approximate surface area is 115 Å². The number of rotatable bonds is 3. The summed E-state index contributed by atoms with van der Waals surface area (Å²) >= 11 is 0. The number of hydrogen-bond acceptors (Lipinski definition) is 4. The number of aromatic nitrogens is 2. The van der Waals surface area contributed by atoms with Crippen molar-refractivity contribution in [3.8, 4) is 0 Å². The Kier molecular flexibility index (Phi) is 2.97.